The number of hydrogen-bond acceptors (Lipinski definition) is 7. The van der Waals surface area contributed by atoms with Crippen molar-refractivity contribution in [3.8, 4) is 0 Å². The van der Waals surface area contributed by atoms with E-state index in [2.05, 4.69) is 9.62 Å². The van der Waals surface area contributed by atoms with Gasteiger partial charge in [0.2, 0.25) is 5.76 Å². The number of nitrogens with zero attached hydrogens (tertiary/aromatic N) is 2. The summed E-state index contributed by atoms with van der Waals surface area (Å²) in [7, 11) is 0. The van der Waals surface area contributed by atoms with Crippen LogP contribution in [0.15, 0.2) is 53.9 Å². The number of allylic oxidation sites excluding steroid dienone is 1. The zero-order valence-corrected chi connectivity index (χ0v) is 19.4. The van der Waals surface area contributed by atoms with Crippen molar-refractivity contribution in [1.82, 2.24) is 9.21 Å². The van der Waals surface area contributed by atoms with Crippen LogP contribution in [0.1, 0.15) is 29.8 Å². The lowest BCUT2D eigenvalue weighted by Crippen LogP contribution is -2.44. The third-order valence-corrected chi connectivity index (χ3v) is 6.81. The molecule has 1 fully saturated rings. The molecule has 180 valence electrons. The molecular formula is C24H26F2N4O3S. The summed E-state index contributed by atoms with van der Waals surface area (Å²) >= 11 is 1.63. The van der Waals surface area contributed by atoms with Crippen molar-refractivity contribution < 1.29 is 23.4 Å². The van der Waals surface area contributed by atoms with Crippen LogP contribution in [-0.4, -0.2) is 58.9 Å². The SMILES string of the molecule is CSN1CCN(/C(C=N)=C(\OC2CC(O)c3ccccc32)C(=O)Nc2cc(F)cc(F)c2)CC1. The Balaban J connectivity index is 1.67. The van der Waals surface area contributed by atoms with Gasteiger partial charge in [-0.05, 0) is 29.5 Å². The third kappa shape index (κ3) is 5.24. The van der Waals surface area contributed by atoms with Crippen LogP contribution in [0.5, 0.6) is 0 Å². The number of anilines is 1. The molecule has 0 aromatic heterocycles. The molecule has 1 aliphatic carbocycles. The number of rotatable bonds is 7. The minimum Gasteiger partial charge on any atom is -0.478 e. The molecule has 1 amide bonds. The van der Waals surface area contributed by atoms with Crippen LogP contribution in [0.3, 0.4) is 0 Å². The standard InChI is InChI=1S/C24H26F2N4O3S/c1-34-30-8-6-29(7-9-30)20(14-27)23(24(32)28-17-11-15(25)10-16(26)12-17)33-22-13-21(31)18-4-2-3-5-19(18)22/h2-5,10-12,14,21-22,27,31H,6-9,13H2,1H3,(H,28,32)/b23-20-,27-14?. The van der Waals surface area contributed by atoms with Gasteiger partial charge in [0.15, 0.2) is 0 Å². The van der Waals surface area contributed by atoms with Gasteiger partial charge < -0.3 is 25.5 Å². The van der Waals surface area contributed by atoms with Crippen molar-refractivity contribution in [2.24, 2.45) is 0 Å². The lowest BCUT2D eigenvalue weighted by atomic mass is 10.1. The van der Waals surface area contributed by atoms with Crippen molar-refractivity contribution in [2.45, 2.75) is 18.6 Å². The van der Waals surface area contributed by atoms with Gasteiger partial charge in [-0.1, -0.05) is 36.2 Å². The van der Waals surface area contributed by atoms with Crippen LogP contribution < -0.4 is 5.32 Å². The van der Waals surface area contributed by atoms with E-state index in [-0.39, 0.29) is 23.6 Å². The minimum atomic E-state index is -0.824. The summed E-state index contributed by atoms with van der Waals surface area (Å²) in [5, 5.41) is 21.0. The Morgan fingerprint density at radius 3 is 2.41 bits per heavy atom. The Bertz CT molecular complexity index is 1090. The van der Waals surface area contributed by atoms with E-state index in [1.807, 2.05) is 35.4 Å². The molecule has 1 aliphatic heterocycles. The molecule has 2 atom stereocenters. The third-order valence-electron chi connectivity index (χ3n) is 5.93. The lowest BCUT2D eigenvalue weighted by Gasteiger charge is -2.35. The Hall–Kier alpha value is -2.95. The second kappa shape index (κ2) is 10.5. The number of aliphatic hydroxyl groups is 1. The summed E-state index contributed by atoms with van der Waals surface area (Å²) in [5.41, 5.74) is 1.69. The fourth-order valence-electron chi connectivity index (χ4n) is 4.27. The van der Waals surface area contributed by atoms with E-state index < -0.39 is 29.7 Å². The Morgan fingerprint density at radius 2 is 1.79 bits per heavy atom. The first-order valence-electron chi connectivity index (χ1n) is 10.9. The molecule has 4 rings (SSSR count). The molecule has 0 spiro atoms. The highest BCUT2D eigenvalue weighted by atomic mass is 32.2. The quantitative estimate of drug-likeness (QED) is 0.237. The number of halogens is 2. The fourth-order valence-corrected chi connectivity index (χ4v) is 4.80. The maximum atomic E-state index is 13.7. The molecule has 34 heavy (non-hydrogen) atoms. The van der Waals surface area contributed by atoms with Gasteiger partial charge in [-0.2, -0.15) is 0 Å². The predicted molar refractivity (Wildman–Crippen MR) is 127 cm³/mol. The van der Waals surface area contributed by atoms with Crippen LogP contribution in [-0.2, 0) is 9.53 Å². The molecule has 7 nitrogen and oxygen atoms in total. The van der Waals surface area contributed by atoms with Crippen molar-refractivity contribution in [3.05, 3.63) is 76.7 Å². The maximum Gasteiger partial charge on any atom is 0.293 e. The molecule has 2 unspecified atom stereocenters. The van der Waals surface area contributed by atoms with Gasteiger partial charge in [0.25, 0.3) is 5.91 Å². The molecule has 1 heterocycles. The first kappa shape index (κ1) is 24.2. The summed E-state index contributed by atoms with van der Waals surface area (Å²) in [4.78, 5) is 15.2. The largest absolute Gasteiger partial charge is 0.478 e. The van der Waals surface area contributed by atoms with Gasteiger partial charge in [-0.3, -0.25) is 4.79 Å². The number of ether oxygens (including phenoxy) is 1. The summed E-state index contributed by atoms with van der Waals surface area (Å²) in [6, 6.07) is 10.0. The highest BCUT2D eigenvalue weighted by molar-refractivity contribution is 7.96. The summed E-state index contributed by atoms with van der Waals surface area (Å²) in [6.07, 6.45) is 1.95. The van der Waals surface area contributed by atoms with E-state index in [0.717, 1.165) is 42.6 Å². The van der Waals surface area contributed by atoms with Gasteiger partial charge in [-0.25, -0.2) is 13.1 Å². The normalized spacial score (nSPS) is 21.0. The second-order valence-corrected chi connectivity index (χ2v) is 8.94. The zero-order valence-electron chi connectivity index (χ0n) is 18.6. The first-order chi connectivity index (χ1) is 16.4. The number of fused-ring (bicyclic) bond motifs is 1. The van der Waals surface area contributed by atoms with Gasteiger partial charge in [0.05, 0.1) is 6.10 Å². The molecule has 0 radical (unpaired) electrons. The van der Waals surface area contributed by atoms with Gasteiger partial charge in [0.1, 0.15) is 23.4 Å². The minimum absolute atomic E-state index is 0.0630. The van der Waals surface area contributed by atoms with E-state index in [9.17, 15) is 18.7 Å². The van der Waals surface area contributed by atoms with Crippen molar-refractivity contribution in [1.29, 1.82) is 5.41 Å². The monoisotopic (exact) mass is 488 g/mol. The molecule has 3 N–H and O–H groups in total. The molecule has 0 bridgehead atoms. The second-order valence-electron chi connectivity index (χ2n) is 8.06. The zero-order chi connectivity index (χ0) is 24.2. The fraction of sp³-hybridized carbons (Fsp3) is 0.333. The predicted octanol–water partition coefficient (Wildman–Crippen LogP) is 3.86. The molecular weight excluding hydrogens is 462 g/mol. The van der Waals surface area contributed by atoms with Gasteiger partial charge in [-0.15, -0.1) is 0 Å². The molecule has 2 aromatic carbocycles. The van der Waals surface area contributed by atoms with Gasteiger partial charge >= 0.3 is 0 Å². The number of carbonyl (C=O) groups excluding carboxylic acids is 1. The lowest BCUT2D eigenvalue weighted by molar-refractivity contribution is -0.117. The van der Waals surface area contributed by atoms with E-state index in [4.69, 9.17) is 10.1 Å². The number of aliphatic hydroxyl groups excluding tert-OH is 1. The Kier molecular flexibility index (Phi) is 7.50. The average Bonchev–Trinajstić information content (AvgIpc) is 3.14. The van der Waals surface area contributed by atoms with Crippen molar-refractivity contribution in [3.63, 3.8) is 0 Å². The van der Waals surface area contributed by atoms with E-state index in [0.29, 0.717) is 19.2 Å². The highest BCUT2D eigenvalue weighted by Crippen LogP contribution is 2.42. The van der Waals surface area contributed by atoms with Crippen LogP contribution in [0, 0.1) is 17.0 Å². The maximum absolute atomic E-state index is 13.7. The molecule has 2 aromatic rings. The van der Waals surface area contributed by atoms with Gasteiger partial charge in [0, 0.05) is 50.6 Å². The average molecular weight is 489 g/mol. The number of hydrogen-bond donors (Lipinski definition) is 3. The van der Waals surface area contributed by atoms with Crippen molar-refractivity contribution >= 4 is 29.8 Å². The number of nitrogens with one attached hydrogen (secondary N) is 2. The van der Waals surface area contributed by atoms with E-state index >= 15 is 0 Å². The van der Waals surface area contributed by atoms with Crippen LogP contribution in [0.25, 0.3) is 0 Å². The smallest absolute Gasteiger partial charge is 0.293 e. The summed E-state index contributed by atoms with van der Waals surface area (Å²) in [6.45, 7) is 2.61. The van der Waals surface area contributed by atoms with Crippen LogP contribution in [0.2, 0.25) is 0 Å². The number of amides is 1. The number of piperazine rings is 1. The highest BCUT2D eigenvalue weighted by Gasteiger charge is 2.34. The molecule has 0 saturated carbocycles. The number of benzene rings is 2. The van der Waals surface area contributed by atoms with Crippen LogP contribution in [0.4, 0.5) is 14.5 Å². The Morgan fingerprint density at radius 1 is 1.15 bits per heavy atom. The Labute approximate surface area is 201 Å². The van der Waals surface area contributed by atoms with E-state index in [1.54, 1.807) is 11.9 Å². The molecule has 2 aliphatic rings. The van der Waals surface area contributed by atoms with Crippen molar-refractivity contribution in [2.75, 3.05) is 37.8 Å². The summed E-state index contributed by atoms with van der Waals surface area (Å²) < 4.78 is 35.7. The summed E-state index contributed by atoms with van der Waals surface area (Å²) in [5.74, 6) is -2.51. The molecule has 10 heteroatoms. The first-order valence-corrected chi connectivity index (χ1v) is 12.1. The molecule has 1 saturated heterocycles. The van der Waals surface area contributed by atoms with Crippen LogP contribution >= 0.6 is 11.9 Å². The van der Waals surface area contributed by atoms with E-state index in [1.165, 1.54) is 0 Å². The number of carbonyl (C=O) groups is 1. The topological polar surface area (TPSA) is 88.9 Å².